The maximum Gasteiger partial charge on any atom is 0.344 e. The molecular formula is C20H18N2O4. The van der Waals surface area contributed by atoms with Crippen molar-refractivity contribution in [1.82, 2.24) is 4.98 Å². The highest BCUT2D eigenvalue weighted by Crippen LogP contribution is 2.26. The number of carbonyl (C=O) groups is 1. The number of nitrogens with zero attached hydrogens (tertiary/aromatic N) is 2. The third-order valence-electron chi connectivity index (χ3n) is 3.57. The molecule has 0 aliphatic carbocycles. The van der Waals surface area contributed by atoms with Gasteiger partial charge in [-0.15, -0.1) is 0 Å². The zero-order valence-electron chi connectivity index (χ0n) is 14.3. The first-order valence-electron chi connectivity index (χ1n) is 8.17. The summed E-state index contributed by atoms with van der Waals surface area (Å²) in [4.78, 5) is 20.3. The van der Waals surface area contributed by atoms with Crippen molar-refractivity contribution in [1.29, 1.82) is 0 Å². The Bertz CT molecular complexity index is 953. The van der Waals surface area contributed by atoms with Crippen molar-refractivity contribution in [3.63, 3.8) is 0 Å². The number of benzene rings is 2. The lowest BCUT2D eigenvalue weighted by atomic mass is 10.2. The van der Waals surface area contributed by atoms with Gasteiger partial charge in [-0.1, -0.05) is 30.3 Å². The number of pyridine rings is 1. The lowest BCUT2D eigenvalue weighted by Crippen LogP contribution is -2.14. The van der Waals surface area contributed by atoms with Crippen molar-refractivity contribution in [3.05, 3.63) is 60.3 Å². The maximum atomic E-state index is 11.5. The molecule has 0 fully saturated rings. The molecule has 0 atom stereocenters. The average Bonchev–Trinajstić information content (AvgIpc) is 2.66. The van der Waals surface area contributed by atoms with E-state index in [1.165, 1.54) is 0 Å². The second-order valence-electron chi connectivity index (χ2n) is 5.40. The van der Waals surface area contributed by atoms with Gasteiger partial charge in [-0.2, -0.15) is 0 Å². The van der Waals surface area contributed by atoms with Crippen LogP contribution in [0.25, 0.3) is 10.9 Å². The number of aliphatic imine (C=N–C) groups is 1. The van der Waals surface area contributed by atoms with Gasteiger partial charge >= 0.3 is 5.97 Å². The molecule has 6 nitrogen and oxygen atoms in total. The van der Waals surface area contributed by atoms with Crippen LogP contribution in [-0.4, -0.2) is 35.5 Å². The third kappa shape index (κ3) is 4.16. The predicted molar refractivity (Wildman–Crippen MR) is 99.2 cm³/mol. The van der Waals surface area contributed by atoms with E-state index in [1.54, 1.807) is 43.5 Å². The van der Waals surface area contributed by atoms with Crippen molar-refractivity contribution in [2.45, 2.75) is 6.92 Å². The molecule has 0 bridgehead atoms. The number of esters is 1. The topological polar surface area (TPSA) is 81.0 Å². The highest BCUT2D eigenvalue weighted by molar-refractivity contribution is 5.89. The van der Waals surface area contributed by atoms with Gasteiger partial charge in [-0.3, -0.25) is 4.99 Å². The van der Waals surface area contributed by atoms with Crippen molar-refractivity contribution in [2.24, 2.45) is 4.99 Å². The molecule has 3 aromatic rings. The van der Waals surface area contributed by atoms with E-state index >= 15 is 0 Å². The number of rotatable bonds is 6. The van der Waals surface area contributed by atoms with E-state index < -0.39 is 5.97 Å². The van der Waals surface area contributed by atoms with Gasteiger partial charge in [-0.25, -0.2) is 9.78 Å². The number of aromatic hydroxyl groups is 1. The van der Waals surface area contributed by atoms with Crippen molar-refractivity contribution in [2.75, 3.05) is 13.2 Å². The largest absolute Gasteiger partial charge is 0.506 e. The van der Waals surface area contributed by atoms with Gasteiger partial charge in [-0.05, 0) is 31.2 Å². The summed E-state index contributed by atoms with van der Waals surface area (Å²) in [6.07, 6.45) is 1.57. The Balaban J connectivity index is 1.86. The van der Waals surface area contributed by atoms with Crippen molar-refractivity contribution < 1.29 is 19.4 Å². The SMILES string of the molecule is CCOC(=O)COc1cccc2ccc(C=Nc3ccccc3O)nc12. The van der Waals surface area contributed by atoms with Crippen LogP contribution >= 0.6 is 0 Å². The molecule has 1 N–H and O–H groups in total. The van der Waals surface area contributed by atoms with E-state index in [1.807, 2.05) is 24.3 Å². The molecule has 6 heteroatoms. The number of phenolic OH excluding ortho intramolecular Hbond substituents is 1. The van der Waals surface area contributed by atoms with Crippen LogP contribution in [0, 0.1) is 0 Å². The molecular weight excluding hydrogens is 332 g/mol. The third-order valence-corrected chi connectivity index (χ3v) is 3.57. The second kappa shape index (κ2) is 8.11. The number of carbonyl (C=O) groups excluding carboxylic acids is 1. The number of aromatic nitrogens is 1. The van der Waals surface area contributed by atoms with Crippen LogP contribution in [0.1, 0.15) is 12.6 Å². The van der Waals surface area contributed by atoms with Crippen LogP contribution in [0.2, 0.25) is 0 Å². The fourth-order valence-electron chi connectivity index (χ4n) is 2.37. The Hall–Kier alpha value is -3.41. The highest BCUT2D eigenvalue weighted by atomic mass is 16.6. The van der Waals surface area contributed by atoms with E-state index in [-0.39, 0.29) is 12.4 Å². The van der Waals surface area contributed by atoms with Crippen LogP contribution < -0.4 is 4.74 Å². The monoisotopic (exact) mass is 350 g/mol. The van der Waals surface area contributed by atoms with Crippen LogP contribution in [-0.2, 0) is 9.53 Å². The van der Waals surface area contributed by atoms with E-state index in [9.17, 15) is 9.90 Å². The van der Waals surface area contributed by atoms with Crippen molar-refractivity contribution in [3.8, 4) is 11.5 Å². The Kier molecular flexibility index (Phi) is 5.43. The quantitative estimate of drug-likeness (QED) is 0.542. The Morgan fingerprint density at radius 3 is 2.81 bits per heavy atom. The van der Waals surface area contributed by atoms with E-state index in [2.05, 4.69) is 9.98 Å². The lowest BCUT2D eigenvalue weighted by Gasteiger charge is -2.08. The summed E-state index contributed by atoms with van der Waals surface area (Å²) < 4.78 is 10.4. The summed E-state index contributed by atoms with van der Waals surface area (Å²) in [7, 11) is 0. The zero-order valence-corrected chi connectivity index (χ0v) is 14.3. The number of hydrogen-bond acceptors (Lipinski definition) is 6. The average molecular weight is 350 g/mol. The van der Waals surface area contributed by atoms with Gasteiger partial charge in [0.1, 0.15) is 22.7 Å². The first-order valence-corrected chi connectivity index (χ1v) is 8.17. The predicted octanol–water partition coefficient (Wildman–Crippen LogP) is 3.63. The Morgan fingerprint density at radius 2 is 2.00 bits per heavy atom. The van der Waals surface area contributed by atoms with Gasteiger partial charge in [0.2, 0.25) is 0 Å². The normalized spacial score (nSPS) is 11.0. The fraction of sp³-hybridized carbons (Fsp3) is 0.150. The number of phenols is 1. The molecule has 0 aliphatic heterocycles. The standard InChI is InChI=1S/C20H18N2O4/c1-2-25-19(24)13-26-18-9-5-6-14-10-11-15(22-20(14)18)12-21-16-7-3-4-8-17(16)23/h3-12,23H,2,13H2,1H3. The summed E-state index contributed by atoms with van der Waals surface area (Å²) in [5, 5.41) is 10.7. The smallest absolute Gasteiger partial charge is 0.344 e. The first kappa shape index (κ1) is 17.4. The molecule has 0 aliphatic rings. The summed E-state index contributed by atoms with van der Waals surface area (Å²) in [6, 6.07) is 16.0. The van der Waals surface area contributed by atoms with Crippen LogP contribution in [0.15, 0.2) is 59.6 Å². The van der Waals surface area contributed by atoms with Crippen LogP contribution in [0.3, 0.4) is 0 Å². The van der Waals surface area contributed by atoms with Gasteiger partial charge in [0.15, 0.2) is 6.61 Å². The van der Waals surface area contributed by atoms with E-state index in [4.69, 9.17) is 9.47 Å². The molecule has 0 saturated heterocycles. The highest BCUT2D eigenvalue weighted by Gasteiger charge is 2.08. The summed E-state index contributed by atoms with van der Waals surface area (Å²) in [6.45, 7) is 1.88. The van der Waals surface area contributed by atoms with E-state index in [0.29, 0.717) is 29.3 Å². The number of hydrogen-bond donors (Lipinski definition) is 1. The van der Waals surface area contributed by atoms with Gasteiger partial charge < -0.3 is 14.6 Å². The molecule has 0 spiro atoms. The van der Waals surface area contributed by atoms with Gasteiger partial charge in [0, 0.05) is 5.39 Å². The molecule has 1 heterocycles. The molecule has 1 aromatic heterocycles. The van der Waals surface area contributed by atoms with E-state index in [0.717, 1.165) is 5.39 Å². The first-order chi connectivity index (χ1) is 12.7. The summed E-state index contributed by atoms with van der Waals surface area (Å²) in [5.74, 6) is 0.165. The molecule has 0 saturated carbocycles. The van der Waals surface area contributed by atoms with Crippen LogP contribution in [0.4, 0.5) is 5.69 Å². The number of fused-ring (bicyclic) bond motifs is 1. The molecule has 0 amide bonds. The molecule has 0 unspecified atom stereocenters. The lowest BCUT2D eigenvalue weighted by molar-refractivity contribution is -0.145. The molecule has 3 rings (SSSR count). The molecule has 132 valence electrons. The number of ether oxygens (including phenoxy) is 2. The molecule has 2 aromatic carbocycles. The second-order valence-corrected chi connectivity index (χ2v) is 5.40. The summed E-state index contributed by atoms with van der Waals surface area (Å²) >= 11 is 0. The van der Waals surface area contributed by atoms with Gasteiger partial charge in [0.05, 0.1) is 18.5 Å². The molecule has 0 radical (unpaired) electrons. The minimum Gasteiger partial charge on any atom is -0.506 e. The van der Waals surface area contributed by atoms with Gasteiger partial charge in [0.25, 0.3) is 0 Å². The fourth-order valence-corrected chi connectivity index (χ4v) is 2.37. The van der Waals surface area contributed by atoms with Crippen LogP contribution in [0.5, 0.6) is 11.5 Å². The molecule has 26 heavy (non-hydrogen) atoms. The minimum absolute atomic E-state index is 0.1000. The maximum absolute atomic E-state index is 11.5. The zero-order chi connectivity index (χ0) is 18.4. The number of para-hydroxylation sites is 3. The Labute approximate surface area is 150 Å². The van der Waals surface area contributed by atoms with Crippen molar-refractivity contribution >= 4 is 28.8 Å². The minimum atomic E-state index is -0.429. The Morgan fingerprint density at radius 1 is 1.15 bits per heavy atom. The summed E-state index contributed by atoms with van der Waals surface area (Å²) in [5.41, 5.74) is 1.69.